The second-order valence-electron chi connectivity index (χ2n) is 4.49. The number of nitrogens with zero attached hydrogens (tertiary/aromatic N) is 3. The summed E-state index contributed by atoms with van der Waals surface area (Å²) in [6.07, 6.45) is -1.50. The summed E-state index contributed by atoms with van der Waals surface area (Å²) in [4.78, 5) is 26.7. The van der Waals surface area contributed by atoms with E-state index in [-0.39, 0.29) is 28.8 Å². The summed E-state index contributed by atoms with van der Waals surface area (Å²) in [6.45, 7) is 0. The zero-order valence-electron chi connectivity index (χ0n) is 13.4. The number of carbonyl (C=O) groups excluding carboxylic acids is 2. The highest BCUT2D eigenvalue weighted by atomic mass is 16.5. The van der Waals surface area contributed by atoms with Crippen molar-refractivity contribution < 1.29 is 24.2 Å². The molecule has 0 saturated heterocycles. The predicted molar refractivity (Wildman–Crippen MR) is 88.6 cm³/mol. The molecule has 130 valence electrons. The number of ether oxygens (including phenoxy) is 2. The van der Waals surface area contributed by atoms with Crippen LogP contribution in [0.4, 0.5) is 32.6 Å². The highest BCUT2D eigenvalue weighted by Crippen LogP contribution is 2.30. The van der Waals surface area contributed by atoms with Gasteiger partial charge in [-0.15, -0.1) is 10.2 Å². The van der Waals surface area contributed by atoms with E-state index in [4.69, 9.17) is 0 Å². The van der Waals surface area contributed by atoms with Crippen molar-refractivity contribution in [2.75, 3.05) is 24.9 Å². The van der Waals surface area contributed by atoms with Crippen molar-refractivity contribution in [1.29, 1.82) is 0 Å². The monoisotopic (exact) mass is 345 g/mol. The van der Waals surface area contributed by atoms with Crippen molar-refractivity contribution in [2.45, 2.75) is 0 Å². The maximum atomic E-state index is 11.5. The Labute approximate surface area is 142 Å². The first-order valence-electron chi connectivity index (χ1n) is 6.94. The summed E-state index contributed by atoms with van der Waals surface area (Å²) >= 11 is 0. The van der Waals surface area contributed by atoms with Gasteiger partial charge in [-0.3, -0.25) is 10.6 Å². The number of phenols is 1. The topological polar surface area (TPSA) is 134 Å². The van der Waals surface area contributed by atoms with Gasteiger partial charge in [0.1, 0.15) is 22.9 Å². The van der Waals surface area contributed by atoms with Gasteiger partial charge in [-0.1, -0.05) is 12.1 Å². The lowest BCUT2D eigenvalue weighted by atomic mass is 10.3. The molecule has 3 N–H and O–H groups in total. The van der Waals surface area contributed by atoms with Crippen LogP contribution in [0, 0.1) is 0 Å². The normalized spacial score (nSPS) is 10.3. The van der Waals surface area contributed by atoms with Gasteiger partial charge >= 0.3 is 12.2 Å². The molecule has 1 aromatic heterocycles. The zero-order valence-corrected chi connectivity index (χ0v) is 13.4. The van der Waals surface area contributed by atoms with Crippen LogP contribution >= 0.6 is 0 Å². The summed E-state index contributed by atoms with van der Waals surface area (Å²) in [5.74, 6) is 0.0744. The van der Waals surface area contributed by atoms with E-state index in [2.05, 4.69) is 35.3 Å². The molecule has 1 aromatic carbocycles. The molecule has 0 saturated carbocycles. The molecule has 25 heavy (non-hydrogen) atoms. The Morgan fingerprint density at radius 1 is 0.960 bits per heavy atom. The van der Waals surface area contributed by atoms with E-state index in [1.165, 1.54) is 32.4 Å². The number of rotatable bonds is 4. The van der Waals surface area contributed by atoms with Gasteiger partial charge < -0.3 is 14.6 Å². The Bertz CT molecular complexity index is 809. The fourth-order valence-corrected chi connectivity index (χ4v) is 1.65. The number of aromatic hydroxyl groups is 1. The number of amides is 2. The Balaban J connectivity index is 2.33. The second kappa shape index (κ2) is 8.24. The van der Waals surface area contributed by atoms with Crippen molar-refractivity contribution in [1.82, 2.24) is 4.98 Å². The van der Waals surface area contributed by atoms with Crippen molar-refractivity contribution >= 4 is 35.2 Å². The van der Waals surface area contributed by atoms with Gasteiger partial charge in [-0.05, 0) is 24.3 Å². The lowest BCUT2D eigenvalue weighted by molar-refractivity contribution is 0.186. The number of aromatic nitrogens is 1. The summed E-state index contributed by atoms with van der Waals surface area (Å²) < 4.78 is 8.99. The number of methoxy groups -OCH3 is 2. The molecule has 0 aliphatic rings. The third-order valence-electron chi connectivity index (χ3n) is 2.84. The first-order chi connectivity index (χ1) is 12.0. The SMILES string of the molecule is COC(=O)Nc1ccc(N=Nc2ccccc2O)c(NC(=O)OC)n1. The van der Waals surface area contributed by atoms with E-state index >= 15 is 0 Å². The number of benzene rings is 1. The van der Waals surface area contributed by atoms with Crippen LogP contribution in [0.1, 0.15) is 0 Å². The number of carbonyl (C=O) groups is 2. The van der Waals surface area contributed by atoms with Gasteiger partial charge in [0.25, 0.3) is 0 Å². The van der Waals surface area contributed by atoms with Crippen LogP contribution in [0.5, 0.6) is 5.75 Å². The number of hydrogen-bond acceptors (Lipinski definition) is 8. The molecule has 0 fully saturated rings. The van der Waals surface area contributed by atoms with Crippen LogP contribution < -0.4 is 10.6 Å². The lowest BCUT2D eigenvalue weighted by Gasteiger charge is -2.08. The molecule has 0 aliphatic carbocycles. The molecule has 10 heteroatoms. The van der Waals surface area contributed by atoms with E-state index in [0.717, 1.165) is 0 Å². The molecule has 0 bridgehead atoms. The van der Waals surface area contributed by atoms with Crippen LogP contribution in [0.3, 0.4) is 0 Å². The van der Waals surface area contributed by atoms with Gasteiger partial charge in [0.15, 0.2) is 5.82 Å². The number of azo groups is 1. The fraction of sp³-hybridized carbons (Fsp3) is 0.133. The maximum absolute atomic E-state index is 11.5. The minimum absolute atomic E-state index is 0.0000704. The zero-order chi connectivity index (χ0) is 18.2. The molecule has 2 rings (SSSR count). The molecular weight excluding hydrogens is 330 g/mol. The van der Waals surface area contributed by atoms with Crippen molar-refractivity contribution in [3.05, 3.63) is 36.4 Å². The molecule has 0 aliphatic heterocycles. The smallest absolute Gasteiger partial charge is 0.412 e. The standard InChI is InChI=1S/C15H15N5O5/c1-24-14(22)17-12-8-7-10(13(16-12)18-15(23)25-2)20-19-9-5-3-4-6-11(9)21/h3-8,21H,1-2H3,(H2,16,17,18,22,23). The molecule has 10 nitrogen and oxygen atoms in total. The van der Waals surface area contributed by atoms with Gasteiger partial charge in [-0.2, -0.15) is 0 Å². The Morgan fingerprint density at radius 3 is 2.28 bits per heavy atom. The van der Waals surface area contributed by atoms with Gasteiger partial charge in [0, 0.05) is 0 Å². The van der Waals surface area contributed by atoms with Crippen LogP contribution in [0.25, 0.3) is 0 Å². The molecule has 0 unspecified atom stereocenters. The van der Waals surface area contributed by atoms with Gasteiger partial charge in [0.2, 0.25) is 0 Å². The molecule has 2 amide bonds. The first-order valence-corrected chi connectivity index (χ1v) is 6.94. The number of para-hydroxylation sites is 1. The lowest BCUT2D eigenvalue weighted by Crippen LogP contribution is -2.15. The van der Waals surface area contributed by atoms with E-state index in [0.29, 0.717) is 0 Å². The quantitative estimate of drug-likeness (QED) is 0.725. The third-order valence-corrected chi connectivity index (χ3v) is 2.84. The highest BCUT2D eigenvalue weighted by molar-refractivity contribution is 5.89. The average molecular weight is 345 g/mol. The number of anilines is 2. The predicted octanol–water partition coefficient (Wildman–Crippen LogP) is 3.56. The molecule has 0 atom stereocenters. The van der Waals surface area contributed by atoms with Crippen LogP contribution in [0.15, 0.2) is 46.6 Å². The van der Waals surface area contributed by atoms with Crippen LogP contribution in [-0.2, 0) is 9.47 Å². The number of nitrogens with one attached hydrogen (secondary N) is 2. The second-order valence-corrected chi connectivity index (χ2v) is 4.49. The van der Waals surface area contributed by atoms with E-state index < -0.39 is 12.2 Å². The summed E-state index contributed by atoms with van der Waals surface area (Å²) in [5.41, 5.74) is 0.423. The minimum atomic E-state index is -0.776. The average Bonchev–Trinajstić information content (AvgIpc) is 2.62. The van der Waals surface area contributed by atoms with E-state index in [1.54, 1.807) is 18.2 Å². The Kier molecular flexibility index (Phi) is 5.82. The van der Waals surface area contributed by atoms with Gasteiger partial charge in [-0.25, -0.2) is 14.6 Å². The van der Waals surface area contributed by atoms with E-state index in [1.807, 2.05) is 0 Å². The highest BCUT2D eigenvalue weighted by Gasteiger charge is 2.11. The number of phenolic OH excluding ortho intramolecular Hbond substituents is 1. The largest absolute Gasteiger partial charge is 0.506 e. The molecular formula is C15H15N5O5. The Hall–Kier alpha value is -3.69. The third kappa shape index (κ3) is 4.89. The van der Waals surface area contributed by atoms with Gasteiger partial charge in [0.05, 0.1) is 14.2 Å². The maximum Gasteiger partial charge on any atom is 0.412 e. The summed E-state index contributed by atoms with van der Waals surface area (Å²) in [6, 6.07) is 9.26. The molecule has 1 heterocycles. The van der Waals surface area contributed by atoms with Crippen LogP contribution in [0.2, 0.25) is 0 Å². The van der Waals surface area contributed by atoms with Crippen molar-refractivity contribution in [3.8, 4) is 5.75 Å². The molecule has 0 radical (unpaired) electrons. The molecule has 0 spiro atoms. The van der Waals surface area contributed by atoms with E-state index in [9.17, 15) is 14.7 Å². The number of pyridine rings is 1. The fourth-order valence-electron chi connectivity index (χ4n) is 1.65. The Morgan fingerprint density at radius 2 is 1.60 bits per heavy atom. The number of hydrogen-bond donors (Lipinski definition) is 3. The molecule has 2 aromatic rings. The van der Waals surface area contributed by atoms with Crippen molar-refractivity contribution in [3.63, 3.8) is 0 Å². The first kappa shape index (κ1) is 17.7. The van der Waals surface area contributed by atoms with Crippen molar-refractivity contribution in [2.24, 2.45) is 10.2 Å². The minimum Gasteiger partial charge on any atom is -0.506 e. The van der Waals surface area contributed by atoms with Crippen LogP contribution in [-0.4, -0.2) is 36.5 Å². The summed E-state index contributed by atoms with van der Waals surface area (Å²) in [7, 11) is 2.40. The summed E-state index contributed by atoms with van der Waals surface area (Å²) in [5, 5.41) is 22.3.